The Labute approximate surface area is 170 Å². The van der Waals surface area contributed by atoms with Crippen molar-refractivity contribution in [2.24, 2.45) is 0 Å². The van der Waals surface area contributed by atoms with Gasteiger partial charge in [-0.25, -0.2) is 9.78 Å². The van der Waals surface area contributed by atoms with E-state index < -0.39 is 5.97 Å². The summed E-state index contributed by atoms with van der Waals surface area (Å²) in [6.07, 6.45) is 2.26. The molecule has 4 aromatic rings. The van der Waals surface area contributed by atoms with Gasteiger partial charge in [-0.2, -0.15) is 0 Å². The summed E-state index contributed by atoms with van der Waals surface area (Å²) in [7, 11) is 0. The van der Waals surface area contributed by atoms with E-state index in [-0.39, 0.29) is 6.61 Å². The fourth-order valence-electron chi connectivity index (χ4n) is 2.73. The molecule has 0 spiro atoms. The quantitative estimate of drug-likeness (QED) is 0.399. The lowest BCUT2D eigenvalue weighted by Crippen LogP contribution is -2.08. The number of fused-ring (bicyclic) bond motifs is 1. The zero-order chi connectivity index (χ0) is 19.5. The van der Waals surface area contributed by atoms with Gasteiger partial charge in [0.2, 0.25) is 5.89 Å². The summed E-state index contributed by atoms with van der Waals surface area (Å²) >= 11 is 12.1. The molecule has 0 amide bonds. The topological polar surface area (TPSA) is 65.2 Å². The third-order valence-electron chi connectivity index (χ3n) is 4.05. The summed E-state index contributed by atoms with van der Waals surface area (Å²) in [6, 6.07) is 15.7. The van der Waals surface area contributed by atoms with Crippen molar-refractivity contribution in [1.82, 2.24) is 9.97 Å². The summed E-state index contributed by atoms with van der Waals surface area (Å²) in [4.78, 5) is 20.9. The minimum absolute atomic E-state index is 0.247. The number of aromatic nitrogens is 2. The van der Waals surface area contributed by atoms with Crippen LogP contribution in [0.25, 0.3) is 22.6 Å². The molecule has 0 atom stereocenters. The SMILES string of the molecule is O=C(OCCc1ccccn1)c1ccc2nc(-c3cc(Cl)cc(Cl)c3)oc2c1. The molecule has 0 aliphatic carbocycles. The number of nitrogens with zero attached hydrogens (tertiary/aromatic N) is 2. The first kappa shape index (κ1) is 18.5. The smallest absolute Gasteiger partial charge is 0.338 e. The predicted octanol–water partition coefficient (Wildman–Crippen LogP) is 5.60. The van der Waals surface area contributed by atoms with Gasteiger partial charge in [-0.3, -0.25) is 4.98 Å². The van der Waals surface area contributed by atoms with Gasteiger partial charge in [0, 0.05) is 33.9 Å². The molecule has 4 rings (SSSR count). The zero-order valence-electron chi connectivity index (χ0n) is 14.6. The third-order valence-corrected chi connectivity index (χ3v) is 4.49. The second-order valence-electron chi connectivity index (χ2n) is 6.07. The van der Waals surface area contributed by atoms with E-state index in [4.69, 9.17) is 32.4 Å². The minimum Gasteiger partial charge on any atom is -0.462 e. The molecule has 0 fully saturated rings. The fourth-order valence-corrected chi connectivity index (χ4v) is 3.26. The molecule has 28 heavy (non-hydrogen) atoms. The van der Waals surface area contributed by atoms with Crippen molar-refractivity contribution in [2.45, 2.75) is 6.42 Å². The molecule has 0 radical (unpaired) electrons. The number of halogens is 2. The van der Waals surface area contributed by atoms with Gasteiger partial charge in [0.25, 0.3) is 0 Å². The maximum atomic E-state index is 12.3. The van der Waals surface area contributed by atoms with Crippen LogP contribution in [0.15, 0.2) is 65.2 Å². The number of hydrogen-bond acceptors (Lipinski definition) is 5. The van der Waals surface area contributed by atoms with Crippen LogP contribution in [-0.4, -0.2) is 22.5 Å². The van der Waals surface area contributed by atoms with Gasteiger partial charge in [-0.15, -0.1) is 0 Å². The molecule has 7 heteroatoms. The molecule has 2 aromatic heterocycles. The zero-order valence-corrected chi connectivity index (χ0v) is 16.1. The lowest BCUT2D eigenvalue weighted by molar-refractivity contribution is 0.0508. The first-order valence-corrected chi connectivity index (χ1v) is 9.28. The molecular weight excluding hydrogens is 399 g/mol. The summed E-state index contributed by atoms with van der Waals surface area (Å²) in [5, 5.41) is 0.976. The Kier molecular flexibility index (Phi) is 5.28. The number of carbonyl (C=O) groups excluding carboxylic acids is 1. The average Bonchev–Trinajstić information content (AvgIpc) is 3.11. The highest BCUT2D eigenvalue weighted by Crippen LogP contribution is 2.29. The summed E-state index contributed by atoms with van der Waals surface area (Å²) < 4.78 is 11.1. The van der Waals surface area contributed by atoms with Gasteiger partial charge in [-0.05, 0) is 48.5 Å². The summed E-state index contributed by atoms with van der Waals surface area (Å²) in [6.45, 7) is 0.247. The van der Waals surface area contributed by atoms with Gasteiger partial charge in [0.1, 0.15) is 5.52 Å². The van der Waals surface area contributed by atoms with Crippen molar-refractivity contribution in [2.75, 3.05) is 6.61 Å². The molecule has 0 unspecified atom stereocenters. The number of pyridine rings is 1. The molecule has 5 nitrogen and oxygen atoms in total. The van der Waals surface area contributed by atoms with Crippen LogP contribution < -0.4 is 0 Å². The van der Waals surface area contributed by atoms with Crippen molar-refractivity contribution in [3.8, 4) is 11.5 Å². The van der Waals surface area contributed by atoms with Crippen LogP contribution >= 0.6 is 23.2 Å². The maximum Gasteiger partial charge on any atom is 0.338 e. The number of rotatable bonds is 5. The molecule has 0 saturated carbocycles. The molecule has 0 saturated heterocycles. The number of esters is 1. The molecule has 140 valence electrons. The van der Waals surface area contributed by atoms with Crippen molar-refractivity contribution in [3.05, 3.63) is 82.1 Å². The van der Waals surface area contributed by atoms with Crippen molar-refractivity contribution < 1.29 is 13.9 Å². The largest absolute Gasteiger partial charge is 0.462 e. The number of benzene rings is 2. The van der Waals surface area contributed by atoms with Crippen LogP contribution in [0.2, 0.25) is 10.0 Å². The minimum atomic E-state index is -0.429. The van der Waals surface area contributed by atoms with Crippen molar-refractivity contribution in [3.63, 3.8) is 0 Å². The normalized spacial score (nSPS) is 10.9. The Morgan fingerprint density at radius 1 is 1.04 bits per heavy atom. The number of oxazole rings is 1. The Bertz CT molecular complexity index is 1120. The van der Waals surface area contributed by atoms with Crippen LogP contribution in [-0.2, 0) is 11.2 Å². The Morgan fingerprint density at radius 3 is 2.61 bits per heavy atom. The van der Waals surface area contributed by atoms with Crippen LogP contribution in [0.3, 0.4) is 0 Å². The highest BCUT2D eigenvalue weighted by molar-refractivity contribution is 6.35. The highest BCUT2D eigenvalue weighted by Gasteiger charge is 2.14. The summed E-state index contributed by atoms with van der Waals surface area (Å²) in [5.74, 6) is -0.0540. The first-order chi connectivity index (χ1) is 13.6. The number of carbonyl (C=O) groups is 1. The van der Waals surface area contributed by atoms with Gasteiger partial charge in [-0.1, -0.05) is 29.3 Å². The van der Waals surface area contributed by atoms with E-state index >= 15 is 0 Å². The van der Waals surface area contributed by atoms with Crippen molar-refractivity contribution >= 4 is 40.3 Å². The van der Waals surface area contributed by atoms with E-state index in [0.717, 1.165) is 5.69 Å². The van der Waals surface area contributed by atoms with Gasteiger partial charge in [0.05, 0.1) is 12.2 Å². The van der Waals surface area contributed by atoms with Crippen LogP contribution in [0.4, 0.5) is 0 Å². The molecule has 0 aliphatic heterocycles. The van der Waals surface area contributed by atoms with Crippen LogP contribution in [0.5, 0.6) is 0 Å². The van der Waals surface area contributed by atoms with Crippen molar-refractivity contribution in [1.29, 1.82) is 0 Å². The maximum absolute atomic E-state index is 12.3. The molecule has 0 aliphatic rings. The monoisotopic (exact) mass is 412 g/mol. The molecule has 0 bridgehead atoms. The Hall–Kier alpha value is -2.89. The van der Waals surface area contributed by atoms with E-state index in [1.54, 1.807) is 42.6 Å². The number of hydrogen-bond donors (Lipinski definition) is 0. The lowest BCUT2D eigenvalue weighted by Gasteiger charge is -2.04. The van der Waals surface area contributed by atoms with Gasteiger partial charge < -0.3 is 9.15 Å². The molecule has 0 N–H and O–H groups in total. The highest BCUT2D eigenvalue weighted by atomic mass is 35.5. The van der Waals surface area contributed by atoms with Gasteiger partial charge in [0.15, 0.2) is 5.58 Å². The van der Waals surface area contributed by atoms with E-state index in [0.29, 0.717) is 44.6 Å². The van der Waals surface area contributed by atoms with E-state index in [1.165, 1.54) is 0 Å². The molecular formula is C21H14Cl2N2O3. The Balaban J connectivity index is 1.50. The molecule has 2 heterocycles. The fraction of sp³-hybridized carbons (Fsp3) is 0.0952. The number of ether oxygens (including phenoxy) is 1. The first-order valence-electron chi connectivity index (χ1n) is 8.52. The van der Waals surface area contributed by atoms with E-state index in [1.807, 2.05) is 18.2 Å². The standard InChI is InChI=1S/C21H14Cl2N2O3/c22-15-9-14(10-16(23)12-15)20-25-18-5-4-13(11-19(18)28-20)21(26)27-8-6-17-3-1-2-7-24-17/h1-5,7,9-12H,6,8H2. The van der Waals surface area contributed by atoms with Gasteiger partial charge >= 0.3 is 5.97 Å². The van der Waals surface area contributed by atoms with Crippen LogP contribution in [0, 0.1) is 0 Å². The summed E-state index contributed by atoms with van der Waals surface area (Å²) in [5.41, 5.74) is 3.01. The third kappa shape index (κ3) is 4.16. The van der Waals surface area contributed by atoms with Crippen LogP contribution in [0.1, 0.15) is 16.1 Å². The Morgan fingerprint density at radius 2 is 1.86 bits per heavy atom. The van der Waals surface area contributed by atoms with E-state index in [2.05, 4.69) is 9.97 Å². The van der Waals surface area contributed by atoms with E-state index in [9.17, 15) is 4.79 Å². The lowest BCUT2D eigenvalue weighted by atomic mass is 10.2. The molecule has 2 aromatic carbocycles. The second kappa shape index (κ2) is 8.00. The average molecular weight is 413 g/mol. The predicted molar refractivity (Wildman–Crippen MR) is 108 cm³/mol. The second-order valence-corrected chi connectivity index (χ2v) is 6.94.